The smallest absolute Gasteiger partial charge is 0.275 e. The predicted octanol–water partition coefficient (Wildman–Crippen LogP) is 3.37. The summed E-state index contributed by atoms with van der Waals surface area (Å²) in [6, 6.07) is 14.1. The summed E-state index contributed by atoms with van der Waals surface area (Å²) in [5, 5.41) is 5.17. The highest BCUT2D eigenvalue weighted by molar-refractivity contribution is 6.04. The zero-order valence-corrected chi connectivity index (χ0v) is 13.2. The Balaban J connectivity index is 1.95. The van der Waals surface area contributed by atoms with Crippen LogP contribution in [0.4, 0.5) is 4.39 Å². The van der Waals surface area contributed by atoms with Crippen LogP contribution in [0, 0.1) is 5.82 Å². The fourth-order valence-electron chi connectivity index (χ4n) is 2.68. The Morgan fingerprint density at radius 1 is 1.17 bits per heavy atom. The lowest BCUT2D eigenvalue weighted by Gasteiger charge is -2.20. The zero-order chi connectivity index (χ0) is 16.4. The lowest BCUT2D eigenvalue weighted by molar-refractivity contribution is 0.0746. The molecule has 0 N–H and O–H groups in total. The highest BCUT2D eigenvalue weighted by atomic mass is 19.1. The minimum absolute atomic E-state index is 0.187. The van der Waals surface area contributed by atoms with Gasteiger partial charge in [0, 0.05) is 31.1 Å². The van der Waals surface area contributed by atoms with Gasteiger partial charge in [-0.3, -0.25) is 9.48 Å². The molecule has 5 heteroatoms. The number of benzene rings is 2. The van der Waals surface area contributed by atoms with Gasteiger partial charge in [-0.25, -0.2) is 4.39 Å². The minimum atomic E-state index is -0.301. The second-order valence-electron chi connectivity index (χ2n) is 5.40. The van der Waals surface area contributed by atoms with Crippen LogP contribution in [0.5, 0.6) is 0 Å². The maximum absolute atomic E-state index is 13.9. The van der Waals surface area contributed by atoms with Crippen LogP contribution in [0.2, 0.25) is 0 Å². The van der Waals surface area contributed by atoms with Gasteiger partial charge in [0.05, 0.1) is 5.52 Å². The van der Waals surface area contributed by atoms with Crippen molar-refractivity contribution in [3.05, 3.63) is 65.6 Å². The molecule has 1 heterocycles. The number of halogens is 1. The van der Waals surface area contributed by atoms with Crippen LogP contribution in [-0.2, 0) is 13.6 Å². The fourth-order valence-corrected chi connectivity index (χ4v) is 2.68. The van der Waals surface area contributed by atoms with Crippen molar-refractivity contribution in [2.24, 2.45) is 7.05 Å². The molecule has 118 valence electrons. The van der Waals surface area contributed by atoms with Gasteiger partial charge in [0.2, 0.25) is 0 Å². The molecule has 0 fully saturated rings. The molecule has 0 atom stereocenters. The van der Waals surface area contributed by atoms with E-state index < -0.39 is 0 Å². The van der Waals surface area contributed by atoms with Crippen LogP contribution in [-0.4, -0.2) is 27.1 Å². The normalized spacial score (nSPS) is 10.9. The van der Waals surface area contributed by atoms with Crippen molar-refractivity contribution >= 4 is 16.8 Å². The first-order chi connectivity index (χ1) is 11.1. The second kappa shape index (κ2) is 6.20. The van der Waals surface area contributed by atoms with Gasteiger partial charge in [0.25, 0.3) is 5.91 Å². The van der Waals surface area contributed by atoms with E-state index in [2.05, 4.69) is 5.10 Å². The number of rotatable bonds is 4. The average Bonchev–Trinajstić information content (AvgIpc) is 2.91. The third kappa shape index (κ3) is 2.82. The molecule has 0 bridgehead atoms. The van der Waals surface area contributed by atoms with Gasteiger partial charge < -0.3 is 4.90 Å². The summed E-state index contributed by atoms with van der Waals surface area (Å²) >= 11 is 0. The number of nitrogens with zero attached hydrogens (tertiary/aromatic N) is 3. The first-order valence-corrected chi connectivity index (χ1v) is 7.56. The van der Waals surface area contributed by atoms with E-state index in [1.165, 1.54) is 6.07 Å². The number of hydrogen-bond acceptors (Lipinski definition) is 2. The summed E-state index contributed by atoms with van der Waals surface area (Å²) in [7, 11) is 1.81. The van der Waals surface area contributed by atoms with E-state index in [-0.39, 0.29) is 18.3 Å². The van der Waals surface area contributed by atoms with Crippen LogP contribution in [0.1, 0.15) is 23.0 Å². The van der Waals surface area contributed by atoms with Gasteiger partial charge in [0.15, 0.2) is 5.69 Å². The molecule has 1 aromatic heterocycles. The summed E-state index contributed by atoms with van der Waals surface area (Å²) in [6.45, 7) is 2.59. The summed E-state index contributed by atoms with van der Waals surface area (Å²) in [5.41, 5.74) is 1.81. The van der Waals surface area contributed by atoms with Crippen molar-refractivity contribution in [2.45, 2.75) is 13.5 Å². The third-order valence-corrected chi connectivity index (χ3v) is 3.95. The number of carbonyl (C=O) groups excluding carboxylic acids is 1. The summed E-state index contributed by atoms with van der Waals surface area (Å²) in [6.07, 6.45) is 0. The number of carbonyl (C=O) groups is 1. The molecule has 3 rings (SSSR count). The summed E-state index contributed by atoms with van der Waals surface area (Å²) < 4.78 is 15.5. The van der Waals surface area contributed by atoms with E-state index in [4.69, 9.17) is 0 Å². The van der Waals surface area contributed by atoms with Gasteiger partial charge in [-0.15, -0.1) is 0 Å². The van der Waals surface area contributed by atoms with Crippen molar-refractivity contribution in [1.82, 2.24) is 14.7 Å². The van der Waals surface area contributed by atoms with E-state index in [0.29, 0.717) is 17.8 Å². The molecule has 4 nitrogen and oxygen atoms in total. The molecular weight excluding hydrogens is 293 g/mol. The maximum atomic E-state index is 13.9. The lowest BCUT2D eigenvalue weighted by Crippen LogP contribution is -2.31. The molecule has 23 heavy (non-hydrogen) atoms. The van der Waals surface area contributed by atoms with Gasteiger partial charge in [0.1, 0.15) is 5.82 Å². The Kier molecular flexibility index (Phi) is 4.10. The monoisotopic (exact) mass is 311 g/mol. The molecule has 0 aliphatic rings. The van der Waals surface area contributed by atoms with Crippen LogP contribution in [0.15, 0.2) is 48.5 Å². The van der Waals surface area contributed by atoms with Crippen LogP contribution in [0.3, 0.4) is 0 Å². The van der Waals surface area contributed by atoms with Crippen molar-refractivity contribution in [3.63, 3.8) is 0 Å². The molecule has 1 amide bonds. The fraction of sp³-hybridized carbons (Fsp3) is 0.222. The van der Waals surface area contributed by atoms with Crippen LogP contribution >= 0.6 is 0 Å². The predicted molar refractivity (Wildman–Crippen MR) is 87.5 cm³/mol. The number of para-hydroxylation sites is 1. The Labute approximate surface area is 134 Å². The number of aromatic nitrogens is 2. The Morgan fingerprint density at radius 3 is 2.61 bits per heavy atom. The number of fused-ring (bicyclic) bond motifs is 1. The minimum Gasteiger partial charge on any atom is -0.333 e. The average molecular weight is 311 g/mol. The van der Waals surface area contributed by atoms with E-state index >= 15 is 0 Å². The van der Waals surface area contributed by atoms with E-state index in [0.717, 1.165) is 10.9 Å². The standard InChI is InChI=1S/C18H18FN3O/c1-3-22(12-13-8-4-6-10-15(13)19)18(23)17-14-9-5-7-11-16(14)21(2)20-17/h4-11H,3,12H2,1-2H3. The third-order valence-electron chi connectivity index (χ3n) is 3.95. The van der Waals surface area contributed by atoms with Gasteiger partial charge in [-0.05, 0) is 19.1 Å². The molecule has 0 aliphatic carbocycles. The Morgan fingerprint density at radius 2 is 1.87 bits per heavy atom. The number of amides is 1. The highest BCUT2D eigenvalue weighted by Crippen LogP contribution is 2.20. The Hall–Kier alpha value is -2.69. The number of aryl methyl sites for hydroxylation is 1. The van der Waals surface area contributed by atoms with Crippen molar-refractivity contribution < 1.29 is 9.18 Å². The van der Waals surface area contributed by atoms with Crippen LogP contribution < -0.4 is 0 Å². The molecule has 0 radical (unpaired) electrons. The first kappa shape index (κ1) is 15.2. The van der Waals surface area contributed by atoms with E-state index in [9.17, 15) is 9.18 Å². The second-order valence-corrected chi connectivity index (χ2v) is 5.40. The number of hydrogen-bond donors (Lipinski definition) is 0. The van der Waals surface area contributed by atoms with Crippen molar-refractivity contribution in [3.8, 4) is 0 Å². The van der Waals surface area contributed by atoms with Gasteiger partial charge >= 0.3 is 0 Å². The zero-order valence-electron chi connectivity index (χ0n) is 13.2. The molecule has 3 aromatic rings. The topological polar surface area (TPSA) is 38.1 Å². The van der Waals surface area contributed by atoms with E-state index in [1.807, 2.05) is 38.2 Å². The quantitative estimate of drug-likeness (QED) is 0.741. The molecular formula is C18H18FN3O. The highest BCUT2D eigenvalue weighted by Gasteiger charge is 2.21. The van der Waals surface area contributed by atoms with E-state index in [1.54, 1.807) is 27.8 Å². The van der Waals surface area contributed by atoms with Gasteiger partial charge in [-0.1, -0.05) is 36.4 Å². The molecule has 2 aromatic carbocycles. The van der Waals surface area contributed by atoms with Gasteiger partial charge in [-0.2, -0.15) is 5.10 Å². The van der Waals surface area contributed by atoms with Crippen molar-refractivity contribution in [2.75, 3.05) is 6.54 Å². The molecule has 0 saturated heterocycles. The van der Waals surface area contributed by atoms with Crippen LogP contribution in [0.25, 0.3) is 10.9 Å². The first-order valence-electron chi connectivity index (χ1n) is 7.56. The maximum Gasteiger partial charge on any atom is 0.275 e. The molecule has 0 spiro atoms. The largest absolute Gasteiger partial charge is 0.333 e. The van der Waals surface area contributed by atoms with Crippen molar-refractivity contribution in [1.29, 1.82) is 0 Å². The molecule has 0 saturated carbocycles. The summed E-state index contributed by atoms with van der Waals surface area (Å²) in [5.74, 6) is -0.489. The molecule has 0 aliphatic heterocycles. The SMILES string of the molecule is CCN(Cc1ccccc1F)C(=O)c1nn(C)c2ccccc12. The molecule has 0 unspecified atom stereocenters. The Bertz CT molecular complexity index is 856. The summed E-state index contributed by atoms with van der Waals surface area (Å²) in [4.78, 5) is 14.5. The lowest BCUT2D eigenvalue weighted by atomic mass is 10.1.